The van der Waals surface area contributed by atoms with Crippen molar-refractivity contribution >= 4 is 16.7 Å². The van der Waals surface area contributed by atoms with Crippen molar-refractivity contribution in [2.75, 3.05) is 7.11 Å². The first kappa shape index (κ1) is 17.0. The second-order valence-corrected chi connectivity index (χ2v) is 6.40. The Hall–Kier alpha value is -3.46. The van der Waals surface area contributed by atoms with E-state index in [-0.39, 0.29) is 5.97 Å². The Balaban J connectivity index is 2.08. The molecule has 0 spiro atoms. The number of carbonyl (C=O) groups excluding carboxylic acids is 1. The molecule has 0 radical (unpaired) electrons. The molecule has 0 aliphatic carbocycles. The van der Waals surface area contributed by atoms with Crippen LogP contribution in [0, 0.1) is 6.92 Å². The summed E-state index contributed by atoms with van der Waals surface area (Å²) in [5.74, 6) is -0.343. The predicted octanol–water partition coefficient (Wildman–Crippen LogP) is 5.66. The second-order valence-electron chi connectivity index (χ2n) is 6.40. The van der Waals surface area contributed by atoms with Gasteiger partial charge in [-0.05, 0) is 30.0 Å². The molecular formula is C24H19NO2. The van der Waals surface area contributed by atoms with Gasteiger partial charge in [0.15, 0.2) is 0 Å². The van der Waals surface area contributed by atoms with Crippen molar-refractivity contribution in [3.8, 4) is 22.4 Å². The zero-order valence-electron chi connectivity index (χ0n) is 15.3. The first-order valence-corrected chi connectivity index (χ1v) is 8.82. The molecule has 4 rings (SSSR count). The number of rotatable bonds is 3. The van der Waals surface area contributed by atoms with Gasteiger partial charge in [-0.3, -0.25) is 4.98 Å². The van der Waals surface area contributed by atoms with Gasteiger partial charge in [-0.1, -0.05) is 66.7 Å². The fraction of sp³-hybridized carbons (Fsp3) is 0.0833. The third-order valence-corrected chi connectivity index (χ3v) is 4.73. The Kier molecular flexibility index (Phi) is 4.43. The summed E-state index contributed by atoms with van der Waals surface area (Å²) in [6.07, 6.45) is 0. The maximum absolute atomic E-state index is 12.0. The normalized spacial score (nSPS) is 10.7. The van der Waals surface area contributed by atoms with E-state index in [9.17, 15) is 4.79 Å². The summed E-state index contributed by atoms with van der Waals surface area (Å²) >= 11 is 0. The Bertz CT molecular complexity index is 1120. The third-order valence-electron chi connectivity index (χ3n) is 4.73. The molecule has 0 amide bonds. The number of methoxy groups -OCH3 is 1. The summed E-state index contributed by atoms with van der Waals surface area (Å²) in [6.45, 7) is 1.98. The zero-order chi connectivity index (χ0) is 18.8. The molecule has 27 heavy (non-hydrogen) atoms. The predicted molar refractivity (Wildman–Crippen MR) is 109 cm³/mol. The van der Waals surface area contributed by atoms with E-state index < -0.39 is 0 Å². The molecule has 132 valence electrons. The molecule has 0 bridgehead atoms. The number of carbonyl (C=O) groups is 1. The van der Waals surface area contributed by atoms with Crippen molar-refractivity contribution in [2.45, 2.75) is 6.92 Å². The van der Waals surface area contributed by atoms with Gasteiger partial charge in [0.25, 0.3) is 0 Å². The highest BCUT2D eigenvalue weighted by molar-refractivity contribution is 6.06. The monoisotopic (exact) mass is 353 g/mol. The number of benzene rings is 3. The number of ether oxygens (including phenoxy) is 1. The summed E-state index contributed by atoms with van der Waals surface area (Å²) in [7, 11) is 1.39. The van der Waals surface area contributed by atoms with E-state index in [1.165, 1.54) is 7.11 Å². The molecule has 0 saturated carbocycles. The molecule has 3 nitrogen and oxygen atoms in total. The van der Waals surface area contributed by atoms with Crippen LogP contribution < -0.4 is 0 Å². The largest absolute Gasteiger partial charge is 0.465 e. The average molecular weight is 353 g/mol. The molecule has 0 N–H and O–H groups in total. The van der Waals surface area contributed by atoms with Crippen LogP contribution in [0.1, 0.15) is 16.1 Å². The molecular weight excluding hydrogens is 334 g/mol. The van der Waals surface area contributed by atoms with Gasteiger partial charge in [0.2, 0.25) is 0 Å². The van der Waals surface area contributed by atoms with Gasteiger partial charge in [-0.15, -0.1) is 0 Å². The fourth-order valence-corrected chi connectivity index (χ4v) is 3.42. The highest BCUT2D eigenvalue weighted by atomic mass is 16.5. The molecule has 4 aromatic rings. The van der Waals surface area contributed by atoms with Gasteiger partial charge >= 0.3 is 5.97 Å². The van der Waals surface area contributed by atoms with Crippen LogP contribution in [0.3, 0.4) is 0 Å². The van der Waals surface area contributed by atoms with Gasteiger partial charge in [0.1, 0.15) is 0 Å². The van der Waals surface area contributed by atoms with Crippen molar-refractivity contribution in [1.82, 2.24) is 4.98 Å². The number of nitrogens with zero attached hydrogens (tertiary/aromatic N) is 1. The minimum absolute atomic E-state index is 0.343. The van der Waals surface area contributed by atoms with Gasteiger partial charge in [-0.25, -0.2) is 4.79 Å². The molecule has 0 unspecified atom stereocenters. The molecule has 0 atom stereocenters. The van der Waals surface area contributed by atoms with E-state index in [1.54, 1.807) is 0 Å². The molecule has 0 fully saturated rings. The molecule has 1 aromatic heterocycles. The maximum atomic E-state index is 12.0. The first-order valence-electron chi connectivity index (χ1n) is 8.82. The lowest BCUT2D eigenvalue weighted by molar-refractivity contribution is 0.0601. The lowest BCUT2D eigenvalue weighted by Gasteiger charge is -2.16. The van der Waals surface area contributed by atoms with Crippen LogP contribution in [0.2, 0.25) is 0 Å². The van der Waals surface area contributed by atoms with Crippen molar-refractivity contribution < 1.29 is 9.53 Å². The van der Waals surface area contributed by atoms with E-state index in [0.717, 1.165) is 38.9 Å². The number of esters is 1. The van der Waals surface area contributed by atoms with Crippen LogP contribution in [-0.2, 0) is 4.74 Å². The van der Waals surface area contributed by atoms with E-state index in [4.69, 9.17) is 9.72 Å². The third kappa shape index (κ3) is 3.08. The number of hydrogen-bond donors (Lipinski definition) is 0. The molecule has 0 aliphatic heterocycles. The lowest BCUT2D eigenvalue weighted by atomic mass is 9.92. The van der Waals surface area contributed by atoms with Crippen molar-refractivity contribution in [3.05, 3.63) is 90.1 Å². The van der Waals surface area contributed by atoms with Gasteiger partial charge < -0.3 is 4.74 Å². The Morgan fingerprint density at radius 2 is 1.44 bits per heavy atom. The fourth-order valence-electron chi connectivity index (χ4n) is 3.42. The van der Waals surface area contributed by atoms with Crippen molar-refractivity contribution in [3.63, 3.8) is 0 Å². The van der Waals surface area contributed by atoms with Crippen molar-refractivity contribution in [2.24, 2.45) is 0 Å². The van der Waals surface area contributed by atoms with Crippen LogP contribution in [-0.4, -0.2) is 18.1 Å². The average Bonchev–Trinajstić information content (AvgIpc) is 2.74. The maximum Gasteiger partial charge on any atom is 0.337 e. The van der Waals surface area contributed by atoms with E-state index in [0.29, 0.717) is 5.56 Å². The molecule has 0 aliphatic rings. The number of aryl methyl sites for hydroxylation is 1. The number of fused-ring (bicyclic) bond motifs is 1. The lowest BCUT2D eigenvalue weighted by Crippen LogP contribution is -2.02. The van der Waals surface area contributed by atoms with Crippen molar-refractivity contribution in [1.29, 1.82) is 0 Å². The van der Waals surface area contributed by atoms with Crippen LogP contribution in [0.15, 0.2) is 78.9 Å². The minimum Gasteiger partial charge on any atom is -0.465 e. The first-order chi connectivity index (χ1) is 13.2. The Morgan fingerprint density at radius 1 is 0.815 bits per heavy atom. The van der Waals surface area contributed by atoms with Gasteiger partial charge in [0.05, 0.1) is 18.4 Å². The summed E-state index contributed by atoms with van der Waals surface area (Å²) in [5, 5.41) is 2.02. The highest BCUT2D eigenvalue weighted by Gasteiger charge is 2.17. The summed E-state index contributed by atoms with van der Waals surface area (Å²) in [4.78, 5) is 16.9. The molecule has 3 aromatic carbocycles. The van der Waals surface area contributed by atoms with Crippen LogP contribution in [0.25, 0.3) is 33.2 Å². The SMILES string of the molecule is COC(=O)c1ccc2c(-c3ccccc3)c(-c3ccccc3)nc(C)c2c1. The minimum atomic E-state index is -0.343. The summed E-state index contributed by atoms with van der Waals surface area (Å²) in [5.41, 5.74) is 5.59. The van der Waals surface area contributed by atoms with Crippen LogP contribution in [0.5, 0.6) is 0 Å². The van der Waals surface area contributed by atoms with E-state index >= 15 is 0 Å². The molecule has 1 heterocycles. The topological polar surface area (TPSA) is 39.2 Å². The Morgan fingerprint density at radius 3 is 2.07 bits per heavy atom. The summed E-state index contributed by atoms with van der Waals surface area (Å²) < 4.78 is 4.87. The van der Waals surface area contributed by atoms with Crippen LogP contribution >= 0.6 is 0 Å². The van der Waals surface area contributed by atoms with E-state index in [1.807, 2.05) is 61.5 Å². The molecule has 3 heteroatoms. The quantitative estimate of drug-likeness (QED) is 0.446. The van der Waals surface area contributed by atoms with Crippen LogP contribution in [0.4, 0.5) is 0 Å². The standard InChI is InChI=1S/C24H19NO2/c1-16-21-15-19(24(26)27-2)13-14-20(21)22(17-9-5-3-6-10-17)23(25-16)18-11-7-4-8-12-18/h3-15H,1-2H3. The van der Waals surface area contributed by atoms with Gasteiger partial charge in [0, 0.05) is 22.2 Å². The second kappa shape index (κ2) is 7.04. The summed E-state index contributed by atoms with van der Waals surface area (Å²) in [6, 6.07) is 26.1. The van der Waals surface area contributed by atoms with Gasteiger partial charge in [-0.2, -0.15) is 0 Å². The zero-order valence-corrected chi connectivity index (χ0v) is 15.3. The van der Waals surface area contributed by atoms with E-state index in [2.05, 4.69) is 24.3 Å². The highest BCUT2D eigenvalue weighted by Crippen LogP contribution is 2.38. The number of aromatic nitrogens is 1. The smallest absolute Gasteiger partial charge is 0.337 e. The molecule has 0 saturated heterocycles. The number of pyridine rings is 1. The Labute approximate surface area is 158 Å². The number of hydrogen-bond acceptors (Lipinski definition) is 3.